The molecule has 0 spiro atoms. The third-order valence-electron chi connectivity index (χ3n) is 3.37. The maximum Gasteiger partial charge on any atom is 0.174 e. The topological polar surface area (TPSA) is 64.6 Å². The van der Waals surface area contributed by atoms with Gasteiger partial charge in [0, 0.05) is 12.7 Å². The highest BCUT2D eigenvalue weighted by atomic mass is 32.1. The van der Waals surface area contributed by atoms with Crippen molar-refractivity contribution in [2.75, 3.05) is 33.2 Å². The van der Waals surface area contributed by atoms with E-state index in [0.717, 1.165) is 12.0 Å². The van der Waals surface area contributed by atoms with Crippen LogP contribution in [0, 0.1) is 0 Å². The second-order valence-corrected chi connectivity index (χ2v) is 5.28. The zero-order chi connectivity index (χ0) is 17.4. The molecule has 0 radical (unpaired) electrons. The molecule has 1 aromatic heterocycles. The number of anilines is 1. The van der Waals surface area contributed by atoms with Crippen molar-refractivity contribution in [3.8, 4) is 17.2 Å². The average molecular weight is 347 g/mol. The number of methoxy groups -OCH3 is 3. The number of nitrogens with zero attached hydrogens (tertiary/aromatic N) is 1. The fourth-order valence-electron chi connectivity index (χ4n) is 2.16. The standard InChI is InChI=1S/C17H21N3O3S/c1-21-13-7-6-12(11-15(13)23-3)8-10-19-17(24)20-16-14(22-2)5-4-9-18-16/h4-7,9,11H,8,10H2,1-3H3,(H2,18,19,20,24). The Labute approximate surface area is 147 Å². The van der Waals surface area contributed by atoms with Crippen molar-refractivity contribution in [2.24, 2.45) is 0 Å². The zero-order valence-electron chi connectivity index (χ0n) is 14.0. The summed E-state index contributed by atoms with van der Waals surface area (Å²) in [6.45, 7) is 0.677. The van der Waals surface area contributed by atoms with E-state index in [1.807, 2.05) is 24.3 Å². The highest BCUT2D eigenvalue weighted by Crippen LogP contribution is 2.27. The number of benzene rings is 1. The molecule has 1 heterocycles. The van der Waals surface area contributed by atoms with Gasteiger partial charge in [-0.15, -0.1) is 0 Å². The van der Waals surface area contributed by atoms with E-state index in [-0.39, 0.29) is 0 Å². The van der Waals surface area contributed by atoms with Gasteiger partial charge in [-0.2, -0.15) is 0 Å². The van der Waals surface area contributed by atoms with Crippen LogP contribution in [0.3, 0.4) is 0 Å². The summed E-state index contributed by atoms with van der Waals surface area (Å²) in [5.74, 6) is 2.66. The molecule has 128 valence electrons. The van der Waals surface area contributed by atoms with Crippen molar-refractivity contribution in [3.05, 3.63) is 42.1 Å². The molecule has 0 fully saturated rings. The lowest BCUT2D eigenvalue weighted by Crippen LogP contribution is -2.30. The van der Waals surface area contributed by atoms with Gasteiger partial charge in [-0.3, -0.25) is 0 Å². The van der Waals surface area contributed by atoms with Crippen LogP contribution in [0.1, 0.15) is 5.56 Å². The molecule has 0 saturated carbocycles. The molecule has 0 amide bonds. The van der Waals surface area contributed by atoms with E-state index in [9.17, 15) is 0 Å². The van der Waals surface area contributed by atoms with Gasteiger partial charge in [-0.05, 0) is 48.5 Å². The number of rotatable bonds is 7. The van der Waals surface area contributed by atoms with Gasteiger partial charge in [0.15, 0.2) is 28.2 Å². The van der Waals surface area contributed by atoms with E-state index < -0.39 is 0 Å². The first kappa shape index (κ1) is 17.8. The molecule has 7 heteroatoms. The minimum atomic E-state index is 0.493. The van der Waals surface area contributed by atoms with Crippen molar-refractivity contribution in [2.45, 2.75) is 6.42 Å². The highest BCUT2D eigenvalue weighted by molar-refractivity contribution is 7.80. The predicted molar refractivity (Wildman–Crippen MR) is 98.3 cm³/mol. The van der Waals surface area contributed by atoms with Crippen LogP contribution in [0.25, 0.3) is 0 Å². The van der Waals surface area contributed by atoms with E-state index in [0.29, 0.717) is 34.7 Å². The minimum Gasteiger partial charge on any atom is -0.493 e. The van der Waals surface area contributed by atoms with Gasteiger partial charge < -0.3 is 24.8 Å². The lowest BCUT2D eigenvalue weighted by Gasteiger charge is -2.13. The third-order valence-corrected chi connectivity index (χ3v) is 3.62. The van der Waals surface area contributed by atoms with Crippen LogP contribution >= 0.6 is 12.2 Å². The molecule has 2 N–H and O–H groups in total. The maximum atomic E-state index is 5.30. The smallest absolute Gasteiger partial charge is 0.174 e. The van der Waals surface area contributed by atoms with E-state index in [1.165, 1.54) is 0 Å². The molecule has 0 aliphatic rings. The van der Waals surface area contributed by atoms with Gasteiger partial charge in [0.25, 0.3) is 0 Å². The van der Waals surface area contributed by atoms with Gasteiger partial charge in [-0.1, -0.05) is 6.07 Å². The Kier molecular flexibility index (Phi) is 6.62. The molecule has 2 aromatic rings. The van der Waals surface area contributed by atoms with Crippen LogP contribution in [-0.4, -0.2) is 38.0 Å². The van der Waals surface area contributed by atoms with Crippen molar-refractivity contribution in [3.63, 3.8) is 0 Å². The molecule has 0 saturated heterocycles. The van der Waals surface area contributed by atoms with Gasteiger partial charge >= 0.3 is 0 Å². The van der Waals surface area contributed by atoms with Gasteiger partial charge in [-0.25, -0.2) is 4.98 Å². The van der Waals surface area contributed by atoms with Crippen molar-refractivity contribution in [1.29, 1.82) is 0 Å². The van der Waals surface area contributed by atoms with Crippen LogP contribution < -0.4 is 24.8 Å². The Morgan fingerprint density at radius 2 is 1.79 bits per heavy atom. The van der Waals surface area contributed by atoms with Gasteiger partial charge in [0.1, 0.15) is 0 Å². The summed E-state index contributed by atoms with van der Waals surface area (Å²) in [5.41, 5.74) is 1.12. The zero-order valence-corrected chi connectivity index (χ0v) is 14.8. The lowest BCUT2D eigenvalue weighted by molar-refractivity contribution is 0.354. The first-order valence-corrected chi connectivity index (χ1v) is 7.83. The average Bonchev–Trinajstić information content (AvgIpc) is 2.62. The molecule has 1 aromatic carbocycles. The summed E-state index contributed by atoms with van der Waals surface area (Å²) in [7, 11) is 4.84. The predicted octanol–water partition coefficient (Wildman–Crippen LogP) is 2.64. The molecule has 0 aliphatic carbocycles. The summed E-state index contributed by atoms with van der Waals surface area (Å²) < 4.78 is 15.8. The largest absolute Gasteiger partial charge is 0.493 e. The van der Waals surface area contributed by atoms with Gasteiger partial charge in [0.05, 0.1) is 21.3 Å². The number of thiocarbonyl (C=S) groups is 1. The molecule has 24 heavy (non-hydrogen) atoms. The Morgan fingerprint density at radius 3 is 2.50 bits per heavy atom. The Morgan fingerprint density at radius 1 is 1.04 bits per heavy atom. The van der Waals surface area contributed by atoms with Crippen LogP contribution in [0.2, 0.25) is 0 Å². The molecule has 6 nitrogen and oxygen atoms in total. The Bertz CT molecular complexity index is 695. The number of pyridine rings is 1. The molecule has 0 unspecified atom stereocenters. The highest BCUT2D eigenvalue weighted by Gasteiger charge is 2.06. The number of hydrogen-bond donors (Lipinski definition) is 2. The van der Waals surface area contributed by atoms with Crippen molar-refractivity contribution >= 4 is 23.1 Å². The fraction of sp³-hybridized carbons (Fsp3) is 0.294. The number of ether oxygens (including phenoxy) is 3. The number of aromatic nitrogens is 1. The molecule has 0 atom stereocenters. The van der Waals surface area contributed by atoms with Gasteiger partial charge in [0.2, 0.25) is 0 Å². The normalized spacial score (nSPS) is 9.96. The van der Waals surface area contributed by atoms with Crippen LogP contribution in [-0.2, 0) is 6.42 Å². The second-order valence-electron chi connectivity index (χ2n) is 4.87. The van der Waals surface area contributed by atoms with Crippen LogP contribution in [0.4, 0.5) is 5.82 Å². The maximum absolute atomic E-state index is 5.30. The number of nitrogens with one attached hydrogen (secondary N) is 2. The van der Waals surface area contributed by atoms with Crippen LogP contribution in [0.15, 0.2) is 36.5 Å². The van der Waals surface area contributed by atoms with Crippen molar-refractivity contribution < 1.29 is 14.2 Å². The summed E-state index contributed by atoms with van der Waals surface area (Å²) in [5, 5.41) is 6.67. The van der Waals surface area contributed by atoms with Crippen molar-refractivity contribution in [1.82, 2.24) is 10.3 Å². The lowest BCUT2D eigenvalue weighted by atomic mass is 10.1. The van der Waals surface area contributed by atoms with E-state index in [1.54, 1.807) is 33.6 Å². The first-order chi connectivity index (χ1) is 11.7. The van der Waals surface area contributed by atoms with Crippen LogP contribution in [0.5, 0.6) is 17.2 Å². The summed E-state index contributed by atoms with van der Waals surface area (Å²) in [4.78, 5) is 4.20. The fourth-order valence-corrected chi connectivity index (χ4v) is 2.36. The quantitative estimate of drug-likeness (QED) is 0.747. The monoisotopic (exact) mass is 347 g/mol. The van der Waals surface area contributed by atoms with E-state index >= 15 is 0 Å². The Balaban J connectivity index is 1.86. The summed E-state index contributed by atoms with van der Waals surface area (Å²) in [6, 6.07) is 9.47. The molecular formula is C17H21N3O3S. The number of hydrogen-bond acceptors (Lipinski definition) is 5. The first-order valence-electron chi connectivity index (χ1n) is 7.42. The van der Waals surface area contributed by atoms with E-state index in [4.69, 9.17) is 26.4 Å². The third kappa shape index (κ3) is 4.73. The van der Waals surface area contributed by atoms with E-state index in [2.05, 4.69) is 15.6 Å². The molecule has 2 rings (SSSR count). The SMILES string of the molecule is COc1ccc(CCNC(=S)Nc2ncccc2OC)cc1OC. The molecular weight excluding hydrogens is 326 g/mol. The summed E-state index contributed by atoms with van der Waals surface area (Å²) in [6.07, 6.45) is 2.47. The second kappa shape index (κ2) is 8.93. The Hall–Kier alpha value is -2.54. The summed E-state index contributed by atoms with van der Waals surface area (Å²) >= 11 is 5.28. The molecule has 0 aliphatic heterocycles. The molecule has 0 bridgehead atoms. The minimum absolute atomic E-state index is 0.493.